The predicted octanol–water partition coefficient (Wildman–Crippen LogP) is 4.09. The summed E-state index contributed by atoms with van der Waals surface area (Å²) in [5.41, 5.74) is 0.480. The standard InChI is InChI=1S/C18H23Cl2NO3S/c19-15-8-7-14(16(20)10-15)11-25(23,24)12-18(22)21-9-3-5-13-4-1-2-6-17(13)21/h7-8,10,13,17H,1-6,9,11-12H2/t13-,17+/m1/s1. The first-order chi connectivity index (χ1) is 11.9. The molecule has 0 radical (unpaired) electrons. The van der Waals surface area contributed by atoms with E-state index in [1.54, 1.807) is 12.1 Å². The van der Waals surface area contributed by atoms with Crippen LogP contribution >= 0.6 is 23.2 Å². The Morgan fingerprint density at radius 2 is 1.84 bits per heavy atom. The molecule has 0 unspecified atom stereocenters. The van der Waals surface area contributed by atoms with Gasteiger partial charge in [0, 0.05) is 22.6 Å². The number of benzene rings is 1. The van der Waals surface area contributed by atoms with E-state index in [2.05, 4.69) is 0 Å². The lowest BCUT2D eigenvalue weighted by atomic mass is 9.78. The summed E-state index contributed by atoms with van der Waals surface area (Å²) in [4.78, 5) is 14.5. The molecule has 2 atom stereocenters. The van der Waals surface area contributed by atoms with Crippen LogP contribution in [0.2, 0.25) is 10.0 Å². The average Bonchev–Trinajstić information content (AvgIpc) is 2.56. The lowest BCUT2D eigenvalue weighted by Gasteiger charge is -2.44. The fraction of sp³-hybridized carbons (Fsp3) is 0.611. The molecule has 4 nitrogen and oxygen atoms in total. The van der Waals surface area contributed by atoms with Crippen molar-refractivity contribution in [3.05, 3.63) is 33.8 Å². The summed E-state index contributed by atoms with van der Waals surface area (Å²) in [5, 5.41) is 0.771. The van der Waals surface area contributed by atoms with Crippen LogP contribution in [-0.2, 0) is 20.4 Å². The minimum absolute atomic E-state index is 0.226. The van der Waals surface area contributed by atoms with E-state index >= 15 is 0 Å². The van der Waals surface area contributed by atoms with Crippen molar-refractivity contribution >= 4 is 38.9 Å². The summed E-state index contributed by atoms with van der Waals surface area (Å²) < 4.78 is 25.0. The number of carbonyl (C=O) groups is 1. The molecule has 1 amide bonds. The minimum atomic E-state index is -3.58. The van der Waals surface area contributed by atoms with Crippen molar-refractivity contribution in [2.75, 3.05) is 12.3 Å². The molecule has 138 valence electrons. The van der Waals surface area contributed by atoms with Gasteiger partial charge in [-0.25, -0.2) is 8.42 Å². The predicted molar refractivity (Wildman–Crippen MR) is 101 cm³/mol. The molecule has 0 aromatic heterocycles. The highest BCUT2D eigenvalue weighted by atomic mass is 35.5. The van der Waals surface area contributed by atoms with Crippen LogP contribution < -0.4 is 0 Å². The zero-order valence-corrected chi connectivity index (χ0v) is 16.4. The molecule has 0 N–H and O–H groups in total. The normalized spacial score (nSPS) is 24.0. The van der Waals surface area contributed by atoms with Crippen LogP contribution in [0.15, 0.2) is 18.2 Å². The van der Waals surface area contributed by atoms with Crippen LogP contribution in [0.25, 0.3) is 0 Å². The van der Waals surface area contributed by atoms with Crippen LogP contribution in [0.4, 0.5) is 0 Å². The third-order valence-corrected chi connectivity index (χ3v) is 7.32. The van der Waals surface area contributed by atoms with E-state index in [-0.39, 0.29) is 17.7 Å². The van der Waals surface area contributed by atoms with E-state index in [0.717, 1.165) is 32.1 Å². The lowest BCUT2D eigenvalue weighted by molar-refractivity contribution is -0.134. The third kappa shape index (κ3) is 4.69. The molecular weight excluding hydrogens is 381 g/mol. The molecular formula is C18H23Cl2NO3S. The topological polar surface area (TPSA) is 54.5 Å². The number of nitrogens with zero attached hydrogens (tertiary/aromatic N) is 1. The van der Waals surface area contributed by atoms with Crippen molar-refractivity contribution in [1.82, 2.24) is 4.90 Å². The van der Waals surface area contributed by atoms with Gasteiger partial charge in [-0.15, -0.1) is 0 Å². The van der Waals surface area contributed by atoms with Gasteiger partial charge < -0.3 is 4.90 Å². The molecule has 0 bridgehead atoms. The number of fused-ring (bicyclic) bond motifs is 1. The van der Waals surface area contributed by atoms with Crippen LogP contribution in [0.3, 0.4) is 0 Å². The molecule has 1 aromatic carbocycles. The fourth-order valence-electron chi connectivity index (χ4n) is 4.13. The summed E-state index contributed by atoms with van der Waals surface area (Å²) in [6.45, 7) is 0.678. The Bertz CT molecular complexity index is 749. The van der Waals surface area contributed by atoms with E-state index in [1.807, 2.05) is 4.90 Å². The highest BCUT2D eigenvalue weighted by molar-refractivity contribution is 7.91. The largest absolute Gasteiger partial charge is 0.339 e. The van der Waals surface area contributed by atoms with E-state index in [1.165, 1.54) is 12.5 Å². The molecule has 1 aromatic rings. The highest BCUT2D eigenvalue weighted by Crippen LogP contribution is 2.35. The van der Waals surface area contributed by atoms with Gasteiger partial charge in [-0.2, -0.15) is 0 Å². The summed E-state index contributed by atoms with van der Waals surface area (Å²) >= 11 is 11.9. The molecule has 1 aliphatic carbocycles. The van der Waals surface area contributed by atoms with Gasteiger partial charge in [0.1, 0.15) is 5.75 Å². The van der Waals surface area contributed by atoms with Gasteiger partial charge in [0.15, 0.2) is 9.84 Å². The Kier molecular flexibility index (Phi) is 5.96. The summed E-state index contributed by atoms with van der Waals surface area (Å²) in [6.07, 6.45) is 6.62. The number of rotatable bonds is 4. The van der Waals surface area contributed by atoms with Gasteiger partial charge in [0.05, 0.1) is 5.75 Å². The van der Waals surface area contributed by atoms with Gasteiger partial charge in [0.2, 0.25) is 5.91 Å². The van der Waals surface area contributed by atoms with Gasteiger partial charge in [0.25, 0.3) is 0 Å². The Morgan fingerprint density at radius 3 is 2.60 bits per heavy atom. The zero-order valence-electron chi connectivity index (χ0n) is 14.1. The Balaban J connectivity index is 1.68. The van der Waals surface area contributed by atoms with E-state index in [4.69, 9.17) is 23.2 Å². The first kappa shape index (κ1) is 19.0. The fourth-order valence-corrected chi connectivity index (χ4v) is 6.06. The summed E-state index contributed by atoms with van der Waals surface area (Å²) in [6, 6.07) is 4.96. The first-order valence-corrected chi connectivity index (χ1v) is 11.4. The van der Waals surface area contributed by atoms with Crippen LogP contribution in [0, 0.1) is 5.92 Å². The molecule has 3 rings (SSSR count). The molecule has 2 fully saturated rings. The maximum absolute atomic E-state index is 12.7. The number of hydrogen-bond donors (Lipinski definition) is 0. The maximum Gasteiger partial charge on any atom is 0.238 e. The quantitative estimate of drug-likeness (QED) is 0.760. The average molecular weight is 404 g/mol. The van der Waals surface area contributed by atoms with Crippen molar-refractivity contribution in [3.63, 3.8) is 0 Å². The number of sulfone groups is 1. The molecule has 0 spiro atoms. The monoisotopic (exact) mass is 403 g/mol. The molecule has 25 heavy (non-hydrogen) atoms. The molecule has 1 heterocycles. The van der Waals surface area contributed by atoms with Crippen molar-refractivity contribution in [3.8, 4) is 0 Å². The van der Waals surface area contributed by atoms with Crippen molar-refractivity contribution in [2.24, 2.45) is 5.92 Å². The van der Waals surface area contributed by atoms with Gasteiger partial charge in [-0.3, -0.25) is 4.79 Å². The molecule has 1 saturated heterocycles. The third-order valence-electron chi connectivity index (χ3n) is 5.30. The molecule has 2 aliphatic rings. The first-order valence-electron chi connectivity index (χ1n) is 8.79. The van der Waals surface area contributed by atoms with Crippen molar-refractivity contribution in [2.45, 2.75) is 50.3 Å². The number of hydrogen-bond acceptors (Lipinski definition) is 3. The molecule has 1 saturated carbocycles. The Morgan fingerprint density at radius 1 is 1.12 bits per heavy atom. The molecule has 7 heteroatoms. The lowest BCUT2D eigenvalue weighted by Crippen LogP contribution is -2.51. The summed E-state index contributed by atoms with van der Waals surface area (Å²) in [5.74, 6) is -0.409. The van der Waals surface area contributed by atoms with Crippen molar-refractivity contribution in [1.29, 1.82) is 0 Å². The number of carbonyl (C=O) groups excluding carboxylic acids is 1. The Hall–Kier alpha value is -0.780. The van der Waals surface area contributed by atoms with Crippen LogP contribution in [0.5, 0.6) is 0 Å². The van der Waals surface area contributed by atoms with Gasteiger partial charge >= 0.3 is 0 Å². The maximum atomic E-state index is 12.7. The van der Waals surface area contributed by atoms with Crippen molar-refractivity contribution < 1.29 is 13.2 Å². The smallest absolute Gasteiger partial charge is 0.238 e. The summed E-state index contributed by atoms with van der Waals surface area (Å²) in [7, 11) is -3.58. The minimum Gasteiger partial charge on any atom is -0.339 e. The number of piperidine rings is 1. The zero-order chi connectivity index (χ0) is 18.0. The van der Waals surface area contributed by atoms with E-state index in [0.29, 0.717) is 28.1 Å². The Labute approximate surface area is 159 Å². The second-order valence-corrected chi connectivity index (χ2v) is 10.0. The number of halogens is 2. The number of likely N-dealkylation sites (tertiary alicyclic amines) is 1. The van der Waals surface area contributed by atoms with Crippen LogP contribution in [0.1, 0.15) is 44.1 Å². The van der Waals surface area contributed by atoms with Crippen LogP contribution in [-0.4, -0.2) is 37.6 Å². The SMILES string of the molecule is O=C(CS(=O)(=O)Cc1ccc(Cl)cc1Cl)N1CCC[C@H]2CCCC[C@@H]21. The van der Waals surface area contributed by atoms with Gasteiger partial charge in [-0.05, 0) is 49.3 Å². The highest BCUT2D eigenvalue weighted by Gasteiger charge is 2.36. The second-order valence-electron chi connectivity index (χ2n) is 7.11. The van der Waals surface area contributed by atoms with E-state index in [9.17, 15) is 13.2 Å². The van der Waals surface area contributed by atoms with E-state index < -0.39 is 15.6 Å². The second kappa shape index (κ2) is 7.85. The van der Waals surface area contributed by atoms with Gasteiger partial charge in [-0.1, -0.05) is 42.1 Å². The number of amides is 1. The molecule has 1 aliphatic heterocycles.